The van der Waals surface area contributed by atoms with E-state index in [1.54, 1.807) is 12.3 Å². The molecule has 1 amide bonds. The van der Waals surface area contributed by atoms with Crippen LogP contribution < -0.4 is 16.0 Å². The third-order valence-corrected chi connectivity index (χ3v) is 5.47. The van der Waals surface area contributed by atoms with Crippen molar-refractivity contribution >= 4 is 17.3 Å². The fourth-order valence-corrected chi connectivity index (χ4v) is 3.68. The maximum Gasteiger partial charge on any atom is 0.245 e. The van der Waals surface area contributed by atoms with Gasteiger partial charge >= 0.3 is 0 Å². The molecular formula is C22H23F2N5O2. The van der Waals surface area contributed by atoms with Gasteiger partial charge in [-0.25, -0.2) is 8.78 Å². The van der Waals surface area contributed by atoms with Crippen LogP contribution in [0.15, 0.2) is 48.8 Å². The fraction of sp³-hybridized carbons (Fsp3) is 0.273. The number of benzene rings is 2. The number of nitrogens with zero attached hydrogens (tertiary/aromatic N) is 2. The van der Waals surface area contributed by atoms with Gasteiger partial charge in [-0.2, -0.15) is 5.10 Å². The summed E-state index contributed by atoms with van der Waals surface area (Å²) in [5, 5.41) is 19.1. The highest BCUT2D eigenvalue weighted by molar-refractivity contribution is 5.99. The molecule has 0 saturated carbocycles. The summed E-state index contributed by atoms with van der Waals surface area (Å²) in [5.74, 6) is -1.49. The van der Waals surface area contributed by atoms with Crippen LogP contribution in [0.1, 0.15) is 24.4 Å². The standard InChI is InChI=1S/C22H23F2N5O2/c23-15-3-1-13(2-4-15)21(25)22(31)28-19-10-18(24)17(14-11-26-27-12-14)9-20(19)29-7-5-16(30)6-8-29/h1-4,9-12,16,21,30H,5-8,25H2,(H,26,27)(H,28,31)/t21-/m1/s1. The van der Waals surface area contributed by atoms with Crippen LogP contribution in [0.3, 0.4) is 0 Å². The van der Waals surface area contributed by atoms with Crippen molar-refractivity contribution in [3.05, 3.63) is 66.0 Å². The number of nitrogens with one attached hydrogen (secondary N) is 2. The number of carbonyl (C=O) groups is 1. The minimum absolute atomic E-state index is 0.281. The maximum absolute atomic E-state index is 14.9. The minimum atomic E-state index is -1.05. The molecule has 1 fully saturated rings. The number of halogens is 2. The molecule has 1 saturated heterocycles. The Labute approximate surface area is 177 Å². The molecule has 2 aromatic carbocycles. The van der Waals surface area contributed by atoms with Gasteiger partial charge in [0.2, 0.25) is 5.91 Å². The van der Waals surface area contributed by atoms with Crippen LogP contribution in [0.5, 0.6) is 0 Å². The number of hydrogen-bond donors (Lipinski definition) is 4. The van der Waals surface area contributed by atoms with Crippen LogP contribution in [0.25, 0.3) is 11.1 Å². The molecule has 7 nitrogen and oxygen atoms in total. The van der Waals surface area contributed by atoms with E-state index >= 15 is 0 Å². The Balaban J connectivity index is 1.66. The number of aliphatic hydroxyl groups excluding tert-OH is 1. The van der Waals surface area contributed by atoms with E-state index in [-0.39, 0.29) is 11.8 Å². The largest absolute Gasteiger partial charge is 0.393 e. The molecule has 9 heteroatoms. The van der Waals surface area contributed by atoms with Crippen molar-refractivity contribution in [2.75, 3.05) is 23.3 Å². The Morgan fingerprint density at radius 1 is 1.23 bits per heavy atom. The topological polar surface area (TPSA) is 107 Å². The predicted octanol–water partition coefficient (Wildman–Crippen LogP) is 2.95. The molecule has 0 aliphatic carbocycles. The number of aliphatic hydroxyl groups is 1. The van der Waals surface area contributed by atoms with Gasteiger partial charge in [-0.3, -0.25) is 9.89 Å². The molecule has 0 unspecified atom stereocenters. The Kier molecular flexibility index (Phi) is 5.97. The van der Waals surface area contributed by atoms with Gasteiger partial charge in [0.25, 0.3) is 0 Å². The first-order valence-electron chi connectivity index (χ1n) is 10.00. The third-order valence-electron chi connectivity index (χ3n) is 5.47. The summed E-state index contributed by atoms with van der Waals surface area (Å²) in [4.78, 5) is 14.8. The zero-order valence-corrected chi connectivity index (χ0v) is 16.7. The Morgan fingerprint density at radius 3 is 2.58 bits per heavy atom. The summed E-state index contributed by atoms with van der Waals surface area (Å²) in [6, 6.07) is 7.21. The molecule has 162 valence electrons. The number of anilines is 2. The number of aromatic amines is 1. The molecule has 1 atom stereocenters. The van der Waals surface area contributed by atoms with Gasteiger partial charge in [-0.1, -0.05) is 12.1 Å². The van der Waals surface area contributed by atoms with Crippen LogP contribution in [-0.4, -0.2) is 40.4 Å². The Hall–Kier alpha value is -3.30. The highest BCUT2D eigenvalue weighted by Crippen LogP contribution is 2.36. The lowest BCUT2D eigenvalue weighted by Gasteiger charge is -2.33. The van der Waals surface area contributed by atoms with Gasteiger partial charge in [0.05, 0.1) is 23.7 Å². The lowest BCUT2D eigenvalue weighted by atomic mass is 10.0. The van der Waals surface area contributed by atoms with Gasteiger partial charge < -0.3 is 21.1 Å². The van der Waals surface area contributed by atoms with E-state index in [2.05, 4.69) is 15.5 Å². The average Bonchev–Trinajstić information content (AvgIpc) is 3.29. The molecule has 5 N–H and O–H groups in total. The van der Waals surface area contributed by atoms with Crippen molar-refractivity contribution in [2.45, 2.75) is 25.0 Å². The second kappa shape index (κ2) is 8.83. The molecule has 1 aliphatic heterocycles. The number of hydrogen-bond acceptors (Lipinski definition) is 5. The number of amides is 1. The molecule has 0 radical (unpaired) electrons. The van der Waals surface area contributed by atoms with E-state index in [0.29, 0.717) is 48.3 Å². The maximum atomic E-state index is 14.9. The van der Waals surface area contributed by atoms with Crippen LogP contribution in [0.4, 0.5) is 20.2 Å². The minimum Gasteiger partial charge on any atom is -0.393 e. The summed E-state index contributed by atoms with van der Waals surface area (Å²) in [5.41, 5.74) is 8.32. The first-order chi connectivity index (χ1) is 14.9. The number of aromatic nitrogens is 2. The molecule has 4 rings (SSSR count). The highest BCUT2D eigenvalue weighted by atomic mass is 19.1. The quantitative estimate of drug-likeness (QED) is 0.501. The van der Waals surface area contributed by atoms with E-state index in [1.165, 1.54) is 36.5 Å². The zero-order valence-electron chi connectivity index (χ0n) is 16.7. The van der Waals surface area contributed by atoms with Crippen molar-refractivity contribution < 1.29 is 18.7 Å². The number of rotatable bonds is 5. The van der Waals surface area contributed by atoms with Crippen LogP contribution >= 0.6 is 0 Å². The third kappa shape index (κ3) is 4.57. The van der Waals surface area contributed by atoms with Gasteiger partial charge in [0.1, 0.15) is 17.7 Å². The second-order valence-electron chi connectivity index (χ2n) is 7.57. The van der Waals surface area contributed by atoms with Crippen molar-refractivity contribution in [3.63, 3.8) is 0 Å². The SMILES string of the molecule is N[C@@H](C(=O)Nc1cc(F)c(-c2cn[nH]c2)cc1N1CCC(O)CC1)c1ccc(F)cc1. The van der Waals surface area contributed by atoms with Gasteiger partial charge in [0.15, 0.2) is 0 Å². The molecule has 0 spiro atoms. The van der Waals surface area contributed by atoms with Crippen molar-refractivity contribution in [1.29, 1.82) is 0 Å². The first-order valence-corrected chi connectivity index (χ1v) is 10.00. The molecule has 2 heterocycles. The van der Waals surface area contributed by atoms with Crippen LogP contribution in [0.2, 0.25) is 0 Å². The fourth-order valence-electron chi connectivity index (χ4n) is 3.68. The summed E-state index contributed by atoms with van der Waals surface area (Å²) >= 11 is 0. The van der Waals surface area contributed by atoms with Gasteiger partial charge in [0, 0.05) is 36.5 Å². The van der Waals surface area contributed by atoms with Crippen molar-refractivity contribution in [1.82, 2.24) is 10.2 Å². The molecule has 1 aliphatic rings. The average molecular weight is 427 g/mol. The van der Waals surface area contributed by atoms with Gasteiger partial charge in [-0.15, -0.1) is 0 Å². The van der Waals surface area contributed by atoms with Crippen molar-refractivity contribution in [3.8, 4) is 11.1 Å². The summed E-state index contributed by atoms with van der Waals surface area (Å²) in [6.45, 7) is 1.12. The molecule has 3 aromatic rings. The zero-order chi connectivity index (χ0) is 22.0. The van der Waals surface area contributed by atoms with Crippen molar-refractivity contribution in [2.24, 2.45) is 5.73 Å². The van der Waals surface area contributed by atoms with Gasteiger partial charge in [-0.05, 0) is 36.6 Å². The van der Waals surface area contributed by atoms with Crippen LogP contribution in [0, 0.1) is 11.6 Å². The monoisotopic (exact) mass is 427 g/mol. The highest BCUT2D eigenvalue weighted by Gasteiger charge is 2.24. The number of nitrogens with two attached hydrogens (primary N) is 1. The lowest BCUT2D eigenvalue weighted by molar-refractivity contribution is -0.117. The molecule has 31 heavy (non-hydrogen) atoms. The number of piperidine rings is 1. The summed E-state index contributed by atoms with van der Waals surface area (Å²) in [6.07, 6.45) is 3.87. The first kappa shape index (κ1) is 21.0. The van der Waals surface area contributed by atoms with Crippen LogP contribution in [-0.2, 0) is 4.79 Å². The summed E-state index contributed by atoms with van der Waals surface area (Å²) in [7, 11) is 0. The van der Waals surface area contributed by atoms with E-state index in [1.807, 2.05) is 4.90 Å². The lowest BCUT2D eigenvalue weighted by Crippen LogP contribution is -2.37. The smallest absolute Gasteiger partial charge is 0.245 e. The molecule has 1 aromatic heterocycles. The Bertz CT molecular complexity index is 1050. The van der Waals surface area contributed by atoms with E-state index in [4.69, 9.17) is 5.73 Å². The molecular weight excluding hydrogens is 404 g/mol. The van der Waals surface area contributed by atoms with E-state index < -0.39 is 23.6 Å². The number of carbonyl (C=O) groups excluding carboxylic acids is 1. The summed E-state index contributed by atoms with van der Waals surface area (Å²) < 4.78 is 28.1. The number of H-pyrrole nitrogens is 1. The normalized spacial score (nSPS) is 15.7. The van der Waals surface area contributed by atoms with E-state index in [9.17, 15) is 18.7 Å². The Morgan fingerprint density at radius 2 is 1.94 bits per heavy atom. The van der Waals surface area contributed by atoms with E-state index in [0.717, 1.165) is 0 Å². The second-order valence-corrected chi connectivity index (χ2v) is 7.57. The predicted molar refractivity (Wildman–Crippen MR) is 113 cm³/mol. The molecule has 0 bridgehead atoms.